The van der Waals surface area contributed by atoms with E-state index in [0.717, 1.165) is 28.3 Å². The van der Waals surface area contributed by atoms with Crippen molar-refractivity contribution >= 4 is 32.5 Å². The van der Waals surface area contributed by atoms with Gasteiger partial charge in [-0.1, -0.05) is 13.0 Å². The van der Waals surface area contributed by atoms with E-state index in [9.17, 15) is 8.42 Å². The van der Waals surface area contributed by atoms with Gasteiger partial charge < -0.3 is 4.57 Å². The molecular weight excluding hydrogens is 356 g/mol. The first-order chi connectivity index (χ1) is 12.1. The van der Waals surface area contributed by atoms with Gasteiger partial charge >= 0.3 is 0 Å². The third-order valence-electron chi connectivity index (χ3n) is 4.54. The van der Waals surface area contributed by atoms with Crippen LogP contribution in [0.25, 0.3) is 21.9 Å². The standard InChI is InChI=1S/C17H20N4O2S2/c1-2-11-25(22,23)20-9-7-13(12-20)21-16-14(5-3-8-18-16)19-17(21)15-6-4-10-24-15/h3-6,8,10,13H,2,7,9,11-12H2,1H3/t13-/m1/s1. The molecule has 4 heterocycles. The molecule has 3 aromatic heterocycles. The van der Waals surface area contributed by atoms with Crippen LogP contribution in [-0.4, -0.2) is 46.1 Å². The van der Waals surface area contributed by atoms with Gasteiger partial charge in [0.25, 0.3) is 0 Å². The van der Waals surface area contributed by atoms with Crippen molar-refractivity contribution in [1.82, 2.24) is 18.8 Å². The molecule has 0 unspecified atom stereocenters. The minimum Gasteiger partial charge on any atom is -0.304 e. The molecule has 132 valence electrons. The molecule has 0 spiro atoms. The molecule has 0 amide bonds. The maximum Gasteiger partial charge on any atom is 0.214 e. The van der Waals surface area contributed by atoms with E-state index >= 15 is 0 Å². The normalized spacial score (nSPS) is 19.0. The second kappa shape index (κ2) is 6.51. The van der Waals surface area contributed by atoms with Crippen molar-refractivity contribution < 1.29 is 8.42 Å². The van der Waals surface area contributed by atoms with Gasteiger partial charge in [-0.2, -0.15) is 4.31 Å². The van der Waals surface area contributed by atoms with Gasteiger partial charge in [-0.15, -0.1) is 11.3 Å². The van der Waals surface area contributed by atoms with Crippen molar-refractivity contribution in [3.05, 3.63) is 35.8 Å². The van der Waals surface area contributed by atoms with Gasteiger partial charge in [-0.05, 0) is 36.4 Å². The van der Waals surface area contributed by atoms with E-state index in [0.29, 0.717) is 19.5 Å². The summed E-state index contributed by atoms with van der Waals surface area (Å²) in [6.07, 6.45) is 3.18. The molecule has 0 radical (unpaired) electrons. The summed E-state index contributed by atoms with van der Waals surface area (Å²) in [6.45, 7) is 2.94. The second-order valence-electron chi connectivity index (χ2n) is 6.25. The van der Waals surface area contributed by atoms with E-state index in [2.05, 4.69) is 9.55 Å². The van der Waals surface area contributed by atoms with E-state index < -0.39 is 10.0 Å². The number of hydrogen-bond acceptors (Lipinski definition) is 5. The summed E-state index contributed by atoms with van der Waals surface area (Å²) in [5.41, 5.74) is 1.67. The van der Waals surface area contributed by atoms with Gasteiger partial charge in [0.2, 0.25) is 10.0 Å². The summed E-state index contributed by atoms with van der Waals surface area (Å²) in [4.78, 5) is 10.4. The number of aromatic nitrogens is 3. The topological polar surface area (TPSA) is 68.1 Å². The van der Waals surface area contributed by atoms with Crippen LogP contribution in [0.15, 0.2) is 35.8 Å². The smallest absolute Gasteiger partial charge is 0.214 e. The van der Waals surface area contributed by atoms with Crippen molar-refractivity contribution in [3.8, 4) is 10.7 Å². The zero-order chi connectivity index (χ0) is 17.4. The Hall–Kier alpha value is -1.77. The van der Waals surface area contributed by atoms with Crippen LogP contribution in [0.4, 0.5) is 0 Å². The summed E-state index contributed by atoms with van der Waals surface area (Å²) in [5.74, 6) is 1.09. The molecule has 1 saturated heterocycles. The molecule has 1 aliphatic rings. The first-order valence-electron chi connectivity index (χ1n) is 8.45. The van der Waals surface area contributed by atoms with Crippen molar-refractivity contribution in [3.63, 3.8) is 0 Å². The molecule has 4 rings (SSSR count). The number of hydrogen-bond donors (Lipinski definition) is 0. The molecule has 3 aromatic rings. The number of sulfonamides is 1. The monoisotopic (exact) mass is 376 g/mol. The summed E-state index contributed by atoms with van der Waals surface area (Å²) in [5, 5.41) is 2.03. The molecule has 1 fully saturated rings. The molecule has 8 heteroatoms. The van der Waals surface area contributed by atoms with Crippen molar-refractivity contribution in [1.29, 1.82) is 0 Å². The third kappa shape index (κ3) is 2.98. The van der Waals surface area contributed by atoms with Crippen LogP contribution < -0.4 is 0 Å². The Morgan fingerprint density at radius 1 is 1.32 bits per heavy atom. The highest BCUT2D eigenvalue weighted by Gasteiger charge is 2.34. The zero-order valence-corrected chi connectivity index (χ0v) is 15.6. The fourth-order valence-electron chi connectivity index (χ4n) is 3.42. The van der Waals surface area contributed by atoms with E-state index in [4.69, 9.17) is 4.98 Å². The minimum atomic E-state index is -3.17. The van der Waals surface area contributed by atoms with Crippen LogP contribution >= 0.6 is 11.3 Å². The van der Waals surface area contributed by atoms with E-state index in [-0.39, 0.29) is 11.8 Å². The zero-order valence-electron chi connectivity index (χ0n) is 14.0. The van der Waals surface area contributed by atoms with Crippen LogP contribution in [-0.2, 0) is 10.0 Å². The van der Waals surface area contributed by atoms with Crippen LogP contribution in [0, 0.1) is 0 Å². The summed E-state index contributed by atoms with van der Waals surface area (Å²) in [6, 6.07) is 7.94. The Morgan fingerprint density at radius 3 is 2.96 bits per heavy atom. The van der Waals surface area contributed by atoms with Gasteiger partial charge in [-0.25, -0.2) is 18.4 Å². The molecule has 0 aliphatic carbocycles. The summed E-state index contributed by atoms with van der Waals surface area (Å²) < 4.78 is 28.6. The Morgan fingerprint density at radius 2 is 2.20 bits per heavy atom. The molecule has 6 nitrogen and oxygen atoms in total. The molecule has 0 saturated carbocycles. The van der Waals surface area contributed by atoms with Gasteiger partial charge in [0.1, 0.15) is 5.52 Å². The molecule has 0 aromatic carbocycles. The lowest BCUT2D eigenvalue weighted by molar-refractivity contribution is 0.455. The van der Waals surface area contributed by atoms with Crippen molar-refractivity contribution in [2.24, 2.45) is 0 Å². The highest BCUT2D eigenvalue weighted by atomic mass is 32.2. The van der Waals surface area contributed by atoms with Crippen LogP contribution in [0.3, 0.4) is 0 Å². The van der Waals surface area contributed by atoms with Gasteiger partial charge in [-0.3, -0.25) is 0 Å². The van der Waals surface area contributed by atoms with E-state index in [1.165, 1.54) is 0 Å². The predicted octanol–water partition coefficient (Wildman–Crippen LogP) is 3.15. The number of thiophene rings is 1. The third-order valence-corrected chi connectivity index (χ3v) is 7.45. The maximum absolute atomic E-state index is 12.4. The van der Waals surface area contributed by atoms with Gasteiger partial charge in [0.15, 0.2) is 11.5 Å². The fraction of sp³-hybridized carbons (Fsp3) is 0.412. The lowest BCUT2D eigenvalue weighted by Crippen LogP contribution is -2.31. The average Bonchev–Trinajstić information content (AvgIpc) is 3.32. The average molecular weight is 377 g/mol. The second-order valence-corrected chi connectivity index (χ2v) is 9.28. The lowest BCUT2D eigenvalue weighted by Gasteiger charge is -2.18. The molecule has 1 atom stereocenters. The highest BCUT2D eigenvalue weighted by molar-refractivity contribution is 7.89. The number of pyridine rings is 1. The molecule has 25 heavy (non-hydrogen) atoms. The SMILES string of the molecule is CCCS(=O)(=O)N1CC[C@@H](n2c(-c3cccs3)nc3cccnc32)C1. The largest absolute Gasteiger partial charge is 0.304 e. The molecular formula is C17H20N4O2S2. The first kappa shape index (κ1) is 16.7. The lowest BCUT2D eigenvalue weighted by atomic mass is 10.2. The Balaban J connectivity index is 1.76. The summed E-state index contributed by atoms with van der Waals surface area (Å²) >= 11 is 1.64. The fourth-order valence-corrected chi connectivity index (χ4v) is 5.68. The first-order valence-corrected chi connectivity index (χ1v) is 10.9. The minimum absolute atomic E-state index is 0.0589. The number of nitrogens with zero attached hydrogens (tertiary/aromatic N) is 4. The maximum atomic E-state index is 12.4. The number of rotatable bonds is 5. The van der Waals surface area contributed by atoms with Crippen LogP contribution in [0.1, 0.15) is 25.8 Å². The Labute approximate surface area is 151 Å². The predicted molar refractivity (Wildman–Crippen MR) is 100 cm³/mol. The Bertz CT molecular complexity index is 979. The Kier molecular flexibility index (Phi) is 4.35. The van der Waals surface area contributed by atoms with Crippen molar-refractivity contribution in [2.45, 2.75) is 25.8 Å². The van der Waals surface area contributed by atoms with Crippen LogP contribution in [0.5, 0.6) is 0 Å². The number of imidazole rings is 1. The highest BCUT2D eigenvalue weighted by Crippen LogP contribution is 2.34. The van der Waals surface area contributed by atoms with E-state index in [1.807, 2.05) is 36.6 Å². The van der Waals surface area contributed by atoms with Gasteiger partial charge in [0, 0.05) is 19.3 Å². The van der Waals surface area contributed by atoms with Crippen molar-refractivity contribution in [2.75, 3.05) is 18.8 Å². The quantitative estimate of drug-likeness (QED) is 0.686. The molecule has 1 aliphatic heterocycles. The molecule has 0 N–H and O–H groups in total. The van der Waals surface area contributed by atoms with Crippen LogP contribution in [0.2, 0.25) is 0 Å². The number of fused-ring (bicyclic) bond motifs is 1. The molecule has 0 bridgehead atoms. The summed E-state index contributed by atoms with van der Waals surface area (Å²) in [7, 11) is -3.17. The van der Waals surface area contributed by atoms with Gasteiger partial charge in [0.05, 0.1) is 16.7 Å². The van der Waals surface area contributed by atoms with E-state index in [1.54, 1.807) is 21.8 Å².